The number of amides is 1. The van der Waals surface area contributed by atoms with Gasteiger partial charge in [0, 0.05) is 31.4 Å². The third-order valence-electron chi connectivity index (χ3n) is 12.4. The van der Waals surface area contributed by atoms with Crippen molar-refractivity contribution in [1.29, 1.82) is 0 Å². The first kappa shape index (κ1) is 34.0. The van der Waals surface area contributed by atoms with E-state index in [1.54, 1.807) is 12.1 Å². The normalized spacial score (nSPS) is 42.4. The van der Waals surface area contributed by atoms with E-state index in [1.807, 2.05) is 13.8 Å². The number of hydrogen-bond acceptors (Lipinski definition) is 9. The Hall–Kier alpha value is -2.92. The highest BCUT2D eigenvalue weighted by Crippen LogP contribution is 2.55. The SMILES string of the molecule is CC1=C[C@@H]2CC[C@@H](O)[C@H](C)[C@@H]2[C@@H](C(=O)C2=C(O)C(O)N(C)C2=O)[C@@H]1C[C@H]1O[C@@]2(CC[C@H](C)[C@@H](c3cc(O)cc(O)c3)O2)[C@@H](C)C[C@@H]1C. The molecule has 0 radical (unpaired) electrons. The third kappa shape index (κ3) is 5.79. The zero-order valence-electron chi connectivity index (χ0n) is 28.3. The maximum Gasteiger partial charge on any atom is 0.263 e. The number of likely N-dealkylation sites (N-methyl/N-ethyl adjacent to an activating group) is 1. The maximum absolute atomic E-state index is 14.5. The van der Waals surface area contributed by atoms with Crippen molar-refractivity contribution in [2.24, 2.45) is 47.3 Å². The fourth-order valence-electron chi connectivity index (χ4n) is 9.57. The van der Waals surface area contributed by atoms with Gasteiger partial charge in [-0.3, -0.25) is 9.59 Å². The van der Waals surface area contributed by atoms with Crippen molar-refractivity contribution in [2.45, 2.75) is 103 Å². The van der Waals surface area contributed by atoms with Crippen LogP contribution in [0.15, 0.2) is 41.2 Å². The van der Waals surface area contributed by atoms with Gasteiger partial charge in [-0.2, -0.15) is 0 Å². The lowest BCUT2D eigenvalue weighted by Crippen LogP contribution is -2.56. The Labute approximate surface area is 277 Å². The molecule has 10 heteroatoms. The summed E-state index contributed by atoms with van der Waals surface area (Å²) in [5, 5.41) is 52.7. The molecule has 5 aliphatic rings. The van der Waals surface area contributed by atoms with Crippen molar-refractivity contribution in [2.75, 3.05) is 7.05 Å². The number of Topliss-reactive ketones (excluding diaryl/α,β-unsaturated/α-hetero) is 1. The summed E-state index contributed by atoms with van der Waals surface area (Å²) in [6, 6.07) is 4.55. The van der Waals surface area contributed by atoms with E-state index in [0.29, 0.717) is 24.8 Å². The number of aromatic hydroxyl groups is 2. The Morgan fingerprint density at radius 3 is 2.30 bits per heavy atom. The molecule has 6 rings (SSSR count). The number of nitrogens with zero attached hydrogens (tertiary/aromatic N) is 1. The summed E-state index contributed by atoms with van der Waals surface area (Å²) in [4.78, 5) is 28.7. The Morgan fingerprint density at radius 2 is 1.66 bits per heavy atom. The highest BCUT2D eigenvalue weighted by molar-refractivity contribution is 6.22. The summed E-state index contributed by atoms with van der Waals surface area (Å²) in [5.74, 6) is -3.91. The van der Waals surface area contributed by atoms with E-state index in [1.165, 1.54) is 13.1 Å². The molecule has 1 saturated carbocycles. The molecule has 1 spiro atoms. The molecule has 10 nitrogen and oxygen atoms in total. The van der Waals surface area contributed by atoms with Gasteiger partial charge in [0.2, 0.25) is 0 Å². The van der Waals surface area contributed by atoms with Gasteiger partial charge in [0.25, 0.3) is 5.91 Å². The number of benzene rings is 1. The van der Waals surface area contributed by atoms with Crippen molar-refractivity contribution in [3.05, 3.63) is 46.7 Å². The van der Waals surface area contributed by atoms with Crippen molar-refractivity contribution < 1.29 is 44.6 Å². The number of ketones is 1. The number of ether oxygens (including phenoxy) is 2. The Bertz CT molecular complexity index is 1450. The zero-order valence-corrected chi connectivity index (χ0v) is 28.3. The first-order valence-corrected chi connectivity index (χ1v) is 17.3. The fourth-order valence-corrected chi connectivity index (χ4v) is 9.57. The number of rotatable bonds is 5. The number of phenols is 2. The minimum Gasteiger partial charge on any atom is -0.508 e. The molecule has 3 heterocycles. The molecule has 2 saturated heterocycles. The van der Waals surface area contributed by atoms with Crippen molar-refractivity contribution in [1.82, 2.24) is 4.90 Å². The Balaban J connectivity index is 1.34. The summed E-state index contributed by atoms with van der Waals surface area (Å²) in [6.45, 7) is 10.4. The predicted octanol–water partition coefficient (Wildman–Crippen LogP) is 5.12. The summed E-state index contributed by atoms with van der Waals surface area (Å²) in [5.41, 5.74) is 1.36. The number of carbonyl (C=O) groups is 2. The summed E-state index contributed by atoms with van der Waals surface area (Å²) >= 11 is 0. The van der Waals surface area contributed by atoms with Gasteiger partial charge in [-0.25, -0.2) is 0 Å². The van der Waals surface area contributed by atoms with Crippen LogP contribution in [-0.2, 0) is 19.1 Å². The van der Waals surface area contributed by atoms with Gasteiger partial charge in [-0.05, 0) is 92.2 Å². The van der Waals surface area contributed by atoms with Crippen LogP contribution in [0, 0.1) is 47.3 Å². The molecule has 3 fully saturated rings. The molecule has 47 heavy (non-hydrogen) atoms. The largest absolute Gasteiger partial charge is 0.508 e. The number of aliphatic hydroxyl groups excluding tert-OH is 3. The van der Waals surface area contributed by atoms with Crippen LogP contribution in [0.4, 0.5) is 0 Å². The second-order valence-electron chi connectivity index (χ2n) is 15.4. The molecular weight excluding hydrogens is 602 g/mol. The number of fused-ring (bicyclic) bond motifs is 1. The molecule has 2 aliphatic carbocycles. The molecule has 0 aromatic heterocycles. The smallest absolute Gasteiger partial charge is 0.263 e. The lowest BCUT2D eigenvalue weighted by Gasteiger charge is -2.54. The highest BCUT2D eigenvalue weighted by atomic mass is 16.7. The van der Waals surface area contributed by atoms with E-state index in [-0.39, 0.29) is 64.6 Å². The van der Waals surface area contributed by atoms with Crippen LogP contribution in [-0.4, -0.2) is 73.4 Å². The average molecular weight is 654 g/mol. The minimum atomic E-state index is -1.57. The summed E-state index contributed by atoms with van der Waals surface area (Å²) < 4.78 is 13.9. The van der Waals surface area contributed by atoms with E-state index in [0.717, 1.165) is 29.7 Å². The Kier molecular flexibility index (Phi) is 9.04. The van der Waals surface area contributed by atoms with E-state index in [9.17, 15) is 35.1 Å². The second kappa shape index (κ2) is 12.5. The summed E-state index contributed by atoms with van der Waals surface area (Å²) in [6.07, 6.45) is 3.54. The van der Waals surface area contributed by atoms with Crippen LogP contribution < -0.4 is 0 Å². The van der Waals surface area contributed by atoms with Crippen molar-refractivity contribution >= 4 is 11.7 Å². The molecular formula is C37H51NO9. The molecule has 1 amide bonds. The standard InChI is InChI=1S/C37H51NO9/c1-17-9-10-37(47-34(17)23-13-24(39)15-25(40)14-23)20(4)11-19(3)28(46-37)16-26-18(2)12-22-7-8-27(41)21(5)29(22)30(26)32(42)31-33(43)36(45)38(6)35(31)44/h12-15,17,19-22,26-30,34,36,39-41,43,45H,7-11,16H2,1-6H3/t17-,19-,20-,21-,22-,26+,27+,28+,29-,30-,34-,36?,37+/m0/s1. The average Bonchev–Trinajstić information content (AvgIpc) is 3.20. The van der Waals surface area contributed by atoms with Gasteiger partial charge in [0.1, 0.15) is 17.1 Å². The molecule has 1 aromatic carbocycles. The van der Waals surface area contributed by atoms with Gasteiger partial charge in [0.05, 0.1) is 18.3 Å². The van der Waals surface area contributed by atoms with Gasteiger partial charge in [-0.1, -0.05) is 39.3 Å². The predicted molar refractivity (Wildman–Crippen MR) is 173 cm³/mol. The summed E-state index contributed by atoms with van der Waals surface area (Å²) in [7, 11) is 1.36. The van der Waals surface area contributed by atoms with E-state index in [2.05, 4.69) is 26.8 Å². The number of hydrogen-bond donors (Lipinski definition) is 5. The van der Waals surface area contributed by atoms with Crippen LogP contribution in [0.2, 0.25) is 0 Å². The third-order valence-corrected chi connectivity index (χ3v) is 12.4. The molecule has 5 N–H and O–H groups in total. The minimum absolute atomic E-state index is 0.0317. The van der Waals surface area contributed by atoms with Crippen LogP contribution in [0.25, 0.3) is 0 Å². The van der Waals surface area contributed by atoms with Crippen LogP contribution in [0.3, 0.4) is 0 Å². The molecule has 1 aromatic rings. The number of carbonyl (C=O) groups excluding carboxylic acids is 2. The second-order valence-corrected chi connectivity index (χ2v) is 15.4. The van der Waals surface area contributed by atoms with Gasteiger partial charge in [0.15, 0.2) is 23.6 Å². The van der Waals surface area contributed by atoms with Crippen LogP contribution >= 0.6 is 0 Å². The van der Waals surface area contributed by atoms with Gasteiger partial charge >= 0.3 is 0 Å². The Morgan fingerprint density at radius 1 is 0.979 bits per heavy atom. The number of aliphatic hydroxyl groups is 3. The lowest BCUT2D eigenvalue weighted by atomic mass is 9.55. The van der Waals surface area contributed by atoms with Gasteiger partial charge < -0.3 is 39.9 Å². The molecule has 1 unspecified atom stereocenters. The quantitative estimate of drug-likeness (QED) is 0.215. The first-order chi connectivity index (χ1) is 22.1. The zero-order chi connectivity index (χ0) is 34.1. The van der Waals surface area contributed by atoms with E-state index < -0.39 is 47.6 Å². The molecule has 258 valence electrons. The maximum atomic E-state index is 14.5. The highest BCUT2D eigenvalue weighted by Gasteiger charge is 2.55. The fraction of sp³-hybridized carbons (Fsp3) is 0.676. The van der Waals surface area contributed by atoms with Crippen LogP contribution in [0.1, 0.15) is 84.8 Å². The van der Waals surface area contributed by atoms with Crippen molar-refractivity contribution in [3.63, 3.8) is 0 Å². The van der Waals surface area contributed by atoms with E-state index in [4.69, 9.17) is 9.47 Å². The van der Waals surface area contributed by atoms with E-state index >= 15 is 0 Å². The lowest BCUT2D eigenvalue weighted by molar-refractivity contribution is -0.356. The number of phenolic OH excluding ortho intramolecular Hbond substituents is 2. The molecule has 0 bridgehead atoms. The molecule has 3 aliphatic heterocycles. The first-order valence-electron chi connectivity index (χ1n) is 17.3. The van der Waals surface area contributed by atoms with Crippen molar-refractivity contribution in [3.8, 4) is 11.5 Å². The van der Waals surface area contributed by atoms with Gasteiger partial charge in [-0.15, -0.1) is 0 Å². The topological polar surface area (TPSA) is 157 Å². The van der Waals surface area contributed by atoms with Crippen LogP contribution in [0.5, 0.6) is 11.5 Å². The molecule has 13 atom stereocenters. The monoisotopic (exact) mass is 653 g/mol. The number of allylic oxidation sites excluding steroid dienone is 2.